The molecule has 2 aliphatic rings. The van der Waals surface area contributed by atoms with Crippen LogP contribution in [-0.2, 0) is 4.79 Å². The topological polar surface area (TPSA) is 32.3 Å². The van der Waals surface area contributed by atoms with Gasteiger partial charge >= 0.3 is 0 Å². The molecule has 1 heterocycles. The van der Waals surface area contributed by atoms with E-state index in [4.69, 9.17) is 0 Å². The molecule has 3 atom stereocenters. The van der Waals surface area contributed by atoms with Crippen LogP contribution < -0.4 is 5.32 Å². The fraction of sp³-hybridized carbons (Fsp3) is 0.588. The van der Waals surface area contributed by atoms with Crippen LogP contribution in [0, 0.1) is 12.8 Å². The van der Waals surface area contributed by atoms with Crippen LogP contribution >= 0.6 is 0 Å². The zero-order chi connectivity index (χ0) is 14.3. The van der Waals surface area contributed by atoms with E-state index in [9.17, 15) is 4.79 Å². The highest BCUT2D eigenvalue weighted by atomic mass is 16.2. The maximum atomic E-state index is 12.7. The third-order valence-electron chi connectivity index (χ3n) is 4.82. The summed E-state index contributed by atoms with van der Waals surface area (Å²) < 4.78 is 0. The van der Waals surface area contributed by atoms with Crippen molar-refractivity contribution in [3.63, 3.8) is 0 Å². The highest BCUT2D eigenvalue weighted by Gasteiger charge is 2.45. The lowest BCUT2D eigenvalue weighted by atomic mass is 10.0. The summed E-state index contributed by atoms with van der Waals surface area (Å²) in [6, 6.07) is 8.71. The van der Waals surface area contributed by atoms with Gasteiger partial charge in [-0.1, -0.05) is 31.2 Å². The van der Waals surface area contributed by atoms with Crippen molar-refractivity contribution in [2.24, 2.45) is 5.92 Å². The third-order valence-corrected chi connectivity index (χ3v) is 4.82. The lowest BCUT2D eigenvalue weighted by molar-refractivity contribution is -0.132. The van der Waals surface area contributed by atoms with E-state index in [-0.39, 0.29) is 18.1 Å². The predicted octanol–water partition coefficient (Wildman–Crippen LogP) is 3.00. The monoisotopic (exact) mass is 272 g/mol. The second kappa shape index (κ2) is 5.21. The predicted molar refractivity (Wildman–Crippen MR) is 80.2 cm³/mol. The first-order valence-corrected chi connectivity index (χ1v) is 7.77. The van der Waals surface area contributed by atoms with Gasteiger partial charge in [0.15, 0.2) is 0 Å². The molecule has 1 aliphatic carbocycles. The van der Waals surface area contributed by atoms with Gasteiger partial charge < -0.3 is 4.90 Å². The average molecular weight is 272 g/mol. The number of nitrogens with zero attached hydrogens (tertiary/aromatic N) is 1. The van der Waals surface area contributed by atoms with Crippen LogP contribution in [0.25, 0.3) is 0 Å². The smallest absolute Gasteiger partial charge is 0.241 e. The molecule has 1 aromatic carbocycles. The summed E-state index contributed by atoms with van der Waals surface area (Å²) in [6.45, 7) is 6.41. The zero-order valence-corrected chi connectivity index (χ0v) is 12.6. The maximum absolute atomic E-state index is 12.7. The molecule has 1 saturated heterocycles. The van der Waals surface area contributed by atoms with E-state index in [0.29, 0.717) is 12.0 Å². The molecule has 1 aliphatic heterocycles. The Kier molecular flexibility index (Phi) is 3.55. The first kappa shape index (κ1) is 13.6. The number of aryl methyl sites for hydroxylation is 1. The summed E-state index contributed by atoms with van der Waals surface area (Å²) in [4.78, 5) is 14.8. The fourth-order valence-electron chi connectivity index (χ4n) is 3.32. The molecule has 3 heteroatoms. The summed E-state index contributed by atoms with van der Waals surface area (Å²) in [5.74, 6) is 0.975. The van der Waals surface area contributed by atoms with Gasteiger partial charge in [0.1, 0.15) is 6.17 Å². The zero-order valence-electron chi connectivity index (χ0n) is 12.6. The Balaban J connectivity index is 1.94. The Hall–Kier alpha value is -1.35. The van der Waals surface area contributed by atoms with Gasteiger partial charge in [0, 0.05) is 6.04 Å². The molecule has 0 spiro atoms. The Bertz CT molecular complexity index is 509. The molecule has 108 valence electrons. The minimum Gasteiger partial charge on any atom is -0.319 e. The molecule has 3 rings (SSSR count). The van der Waals surface area contributed by atoms with Crippen molar-refractivity contribution >= 4 is 5.91 Å². The fourth-order valence-corrected chi connectivity index (χ4v) is 3.32. The standard InChI is InChI=1S/C17H24N2O/c1-4-15-17(20)19(12(3)13-9-10-13)16(18-15)14-8-6-5-7-11(14)2/h5-8,12-13,15-16,18H,4,9-10H2,1-3H3. The first-order valence-electron chi connectivity index (χ1n) is 7.77. The van der Waals surface area contributed by atoms with E-state index in [0.717, 1.165) is 6.42 Å². The van der Waals surface area contributed by atoms with E-state index in [1.165, 1.54) is 24.0 Å². The quantitative estimate of drug-likeness (QED) is 0.914. The molecule has 1 saturated carbocycles. The Labute approximate surface area is 121 Å². The molecule has 3 nitrogen and oxygen atoms in total. The minimum atomic E-state index is -0.0270. The van der Waals surface area contributed by atoms with E-state index in [1.807, 2.05) is 0 Å². The summed E-state index contributed by atoms with van der Waals surface area (Å²) in [5.41, 5.74) is 2.49. The number of carbonyl (C=O) groups excluding carboxylic acids is 1. The van der Waals surface area contributed by atoms with Crippen molar-refractivity contribution in [1.82, 2.24) is 10.2 Å². The van der Waals surface area contributed by atoms with Crippen molar-refractivity contribution in [3.8, 4) is 0 Å². The van der Waals surface area contributed by atoms with Gasteiger partial charge in [-0.2, -0.15) is 0 Å². The van der Waals surface area contributed by atoms with E-state index < -0.39 is 0 Å². The van der Waals surface area contributed by atoms with Crippen LogP contribution in [0.3, 0.4) is 0 Å². The number of nitrogens with one attached hydrogen (secondary N) is 1. The molecule has 2 fully saturated rings. The summed E-state index contributed by atoms with van der Waals surface area (Å²) in [5, 5.41) is 3.54. The van der Waals surface area contributed by atoms with E-state index in [2.05, 4.69) is 55.3 Å². The van der Waals surface area contributed by atoms with Crippen LogP contribution in [0.2, 0.25) is 0 Å². The van der Waals surface area contributed by atoms with Crippen molar-refractivity contribution < 1.29 is 4.79 Å². The highest BCUT2D eigenvalue weighted by molar-refractivity contribution is 5.85. The van der Waals surface area contributed by atoms with Crippen LogP contribution in [-0.4, -0.2) is 22.9 Å². The summed E-state index contributed by atoms with van der Waals surface area (Å²) in [7, 11) is 0. The Morgan fingerprint density at radius 1 is 1.35 bits per heavy atom. The molecule has 1 N–H and O–H groups in total. The SMILES string of the molecule is CCC1NC(c2ccccc2C)N(C(C)C2CC2)C1=O. The van der Waals surface area contributed by atoms with Gasteiger partial charge in [0.2, 0.25) is 5.91 Å². The Morgan fingerprint density at radius 2 is 2.05 bits per heavy atom. The van der Waals surface area contributed by atoms with E-state index >= 15 is 0 Å². The number of carbonyl (C=O) groups is 1. The number of amides is 1. The number of rotatable bonds is 4. The second-order valence-corrected chi connectivity index (χ2v) is 6.21. The summed E-state index contributed by atoms with van der Waals surface area (Å²) >= 11 is 0. The average Bonchev–Trinajstić information content (AvgIpc) is 3.23. The highest BCUT2D eigenvalue weighted by Crippen LogP contribution is 2.40. The van der Waals surface area contributed by atoms with Gasteiger partial charge in [-0.3, -0.25) is 10.1 Å². The van der Waals surface area contributed by atoms with Gasteiger partial charge in [-0.15, -0.1) is 0 Å². The number of hydrogen-bond acceptors (Lipinski definition) is 2. The van der Waals surface area contributed by atoms with Gasteiger partial charge in [0.25, 0.3) is 0 Å². The molecule has 1 amide bonds. The van der Waals surface area contributed by atoms with Crippen LogP contribution in [0.15, 0.2) is 24.3 Å². The lowest BCUT2D eigenvalue weighted by Crippen LogP contribution is -2.39. The van der Waals surface area contributed by atoms with Crippen LogP contribution in [0.5, 0.6) is 0 Å². The minimum absolute atomic E-state index is 0.0270. The molecule has 0 bridgehead atoms. The first-order chi connectivity index (χ1) is 9.63. The summed E-state index contributed by atoms with van der Waals surface area (Å²) in [6.07, 6.45) is 3.43. The molecule has 20 heavy (non-hydrogen) atoms. The molecule has 3 unspecified atom stereocenters. The normalized spacial score (nSPS) is 27.9. The Morgan fingerprint density at radius 3 is 2.65 bits per heavy atom. The van der Waals surface area contributed by atoms with Crippen molar-refractivity contribution in [3.05, 3.63) is 35.4 Å². The third kappa shape index (κ3) is 2.24. The van der Waals surface area contributed by atoms with Crippen LogP contribution in [0.4, 0.5) is 0 Å². The lowest BCUT2D eigenvalue weighted by Gasteiger charge is -2.31. The van der Waals surface area contributed by atoms with Gasteiger partial charge in [-0.05, 0) is 50.2 Å². The molecule has 0 aromatic heterocycles. The molecular formula is C17H24N2O. The van der Waals surface area contributed by atoms with E-state index in [1.54, 1.807) is 0 Å². The van der Waals surface area contributed by atoms with Crippen LogP contribution in [0.1, 0.15) is 50.4 Å². The van der Waals surface area contributed by atoms with Crippen molar-refractivity contribution in [2.75, 3.05) is 0 Å². The molecule has 1 aromatic rings. The number of benzene rings is 1. The largest absolute Gasteiger partial charge is 0.319 e. The van der Waals surface area contributed by atoms with Crippen molar-refractivity contribution in [2.45, 2.75) is 58.3 Å². The van der Waals surface area contributed by atoms with Gasteiger partial charge in [0.05, 0.1) is 6.04 Å². The maximum Gasteiger partial charge on any atom is 0.241 e. The van der Waals surface area contributed by atoms with Crippen molar-refractivity contribution in [1.29, 1.82) is 0 Å². The number of hydrogen-bond donors (Lipinski definition) is 1. The second-order valence-electron chi connectivity index (χ2n) is 6.21. The molecular weight excluding hydrogens is 248 g/mol. The van der Waals surface area contributed by atoms with Gasteiger partial charge in [-0.25, -0.2) is 0 Å². The molecule has 0 radical (unpaired) electrons.